The number of anilines is 1. The normalized spacial score (nSPS) is 13.0. The molecule has 0 aliphatic heterocycles. The zero-order chi connectivity index (χ0) is 22.6. The number of fused-ring (bicyclic) bond motifs is 3. The maximum atomic E-state index is 13.3. The molecule has 0 unspecified atom stereocenters. The van der Waals surface area contributed by atoms with E-state index in [0.717, 1.165) is 40.9 Å². The Labute approximate surface area is 198 Å². The van der Waals surface area contributed by atoms with Gasteiger partial charge in [0.1, 0.15) is 0 Å². The van der Waals surface area contributed by atoms with Gasteiger partial charge in [-0.3, -0.25) is 14.2 Å². The second-order valence-corrected chi connectivity index (χ2v) is 9.45. The first-order chi connectivity index (χ1) is 16.2. The van der Waals surface area contributed by atoms with Crippen LogP contribution in [0.25, 0.3) is 10.9 Å². The number of carbonyl (C=O) groups excluding carboxylic acids is 2. The summed E-state index contributed by atoms with van der Waals surface area (Å²) in [5.74, 6) is 0.412. The van der Waals surface area contributed by atoms with E-state index in [1.54, 1.807) is 0 Å². The van der Waals surface area contributed by atoms with Crippen LogP contribution in [0.2, 0.25) is 0 Å². The van der Waals surface area contributed by atoms with Gasteiger partial charge in [0.2, 0.25) is 11.8 Å². The molecule has 5 heteroatoms. The highest BCUT2D eigenvalue weighted by atomic mass is 32.2. The molecule has 1 heterocycles. The van der Waals surface area contributed by atoms with Crippen LogP contribution < -0.4 is 5.32 Å². The molecule has 0 bridgehead atoms. The third-order valence-electron chi connectivity index (χ3n) is 6.12. The second-order valence-electron chi connectivity index (χ2n) is 8.41. The number of nitrogens with zero attached hydrogens (tertiary/aromatic N) is 1. The average molecular weight is 455 g/mol. The van der Waals surface area contributed by atoms with Crippen molar-refractivity contribution in [3.05, 3.63) is 95.7 Å². The second kappa shape index (κ2) is 9.67. The smallest absolute Gasteiger partial charge is 0.241 e. The number of hydrogen-bond donors (Lipinski definition) is 1. The van der Waals surface area contributed by atoms with Crippen LogP contribution in [-0.4, -0.2) is 22.1 Å². The number of aryl methyl sites for hydroxylation is 1. The maximum absolute atomic E-state index is 13.3. The van der Waals surface area contributed by atoms with Gasteiger partial charge >= 0.3 is 0 Å². The quantitative estimate of drug-likeness (QED) is 0.356. The van der Waals surface area contributed by atoms with Crippen LogP contribution in [0.15, 0.2) is 83.8 Å². The van der Waals surface area contributed by atoms with Crippen LogP contribution in [-0.2, 0) is 24.1 Å². The summed E-state index contributed by atoms with van der Waals surface area (Å²) in [6, 6.07) is 25.7. The molecule has 1 aliphatic rings. The lowest BCUT2D eigenvalue weighted by molar-refractivity contribution is -0.115. The molecule has 5 rings (SSSR count). The molecule has 33 heavy (non-hydrogen) atoms. The Balaban J connectivity index is 1.28. The van der Waals surface area contributed by atoms with Crippen molar-refractivity contribution < 1.29 is 9.59 Å². The minimum atomic E-state index is -0.0511. The molecule has 0 saturated carbocycles. The number of carbonyl (C=O) groups is 2. The van der Waals surface area contributed by atoms with Crippen LogP contribution in [0.1, 0.15) is 34.5 Å². The monoisotopic (exact) mass is 454 g/mol. The van der Waals surface area contributed by atoms with E-state index in [1.807, 2.05) is 65.2 Å². The van der Waals surface area contributed by atoms with Gasteiger partial charge in [-0.15, -0.1) is 11.8 Å². The van der Waals surface area contributed by atoms with Gasteiger partial charge in [-0.1, -0.05) is 54.6 Å². The molecular weight excluding hydrogens is 428 g/mol. The van der Waals surface area contributed by atoms with Crippen molar-refractivity contribution in [1.29, 1.82) is 0 Å². The maximum Gasteiger partial charge on any atom is 0.241 e. The Morgan fingerprint density at radius 1 is 0.879 bits per heavy atom. The van der Waals surface area contributed by atoms with Gasteiger partial charge in [0, 0.05) is 21.7 Å². The lowest BCUT2D eigenvalue weighted by atomic mass is 9.96. The number of thioether (sulfide) groups is 1. The fourth-order valence-electron chi connectivity index (χ4n) is 4.64. The highest BCUT2D eigenvalue weighted by Gasteiger charge is 2.23. The highest BCUT2D eigenvalue weighted by molar-refractivity contribution is 8.00. The van der Waals surface area contributed by atoms with Crippen molar-refractivity contribution in [3.8, 4) is 0 Å². The number of hydrogen-bond acceptors (Lipinski definition) is 3. The van der Waals surface area contributed by atoms with Crippen LogP contribution in [0.3, 0.4) is 0 Å². The molecule has 4 aromatic rings. The first kappa shape index (κ1) is 21.5. The fourth-order valence-corrected chi connectivity index (χ4v) is 5.44. The molecule has 1 amide bonds. The van der Waals surface area contributed by atoms with Crippen molar-refractivity contribution in [2.45, 2.75) is 37.0 Å². The molecule has 0 spiro atoms. The number of aromatic nitrogens is 1. The first-order valence-corrected chi connectivity index (χ1v) is 12.4. The fraction of sp³-hybridized carbons (Fsp3) is 0.214. The van der Waals surface area contributed by atoms with E-state index >= 15 is 0 Å². The molecule has 0 atom stereocenters. The van der Waals surface area contributed by atoms with E-state index in [-0.39, 0.29) is 11.8 Å². The molecule has 0 radical (unpaired) electrons. The SMILES string of the molecule is O=C(Cc1ccccc1)Nc1cccc(SCC(=O)n2c3c(c4ccccc42)CCCC3)c1. The Hall–Kier alpha value is -3.31. The molecule has 4 nitrogen and oxygen atoms in total. The number of amides is 1. The Morgan fingerprint density at radius 3 is 2.55 bits per heavy atom. The van der Waals surface area contributed by atoms with Gasteiger partial charge in [-0.25, -0.2) is 0 Å². The largest absolute Gasteiger partial charge is 0.326 e. The summed E-state index contributed by atoms with van der Waals surface area (Å²) in [7, 11) is 0. The Morgan fingerprint density at radius 2 is 1.67 bits per heavy atom. The zero-order valence-corrected chi connectivity index (χ0v) is 19.2. The molecule has 0 saturated heterocycles. The van der Waals surface area contributed by atoms with Crippen LogP contribution in [0.4, 0.5) is 5.69 Å². The molecular formula is C28H26N2O2S. The summed E-state index contributed by atoms with van der Waals surface area (Å²) in [5.41, 5.74) is 5.29. The van der Waals surface area contributed by atoms with Crippen LogP contribution in [0, 0.1) is 0 Å². The highest BCUT2D eigenvalue weighted by Crippen LogP contribution is 2.33. The van der Waals surface area contributed by atoms with E-state index in [9.17, 15) is 9.59 Å². The van der Waals surface area contributed by atoms with Crippen molar-refractivity contribution >= 4 is 40.2 Å². The van der Waals surface area contributed by atoms with E-state index in [4.69, 9.17) is 0 Å². The first-order valence-electron chi connectivity index (χ1n) is 11.4. The van der Waals surface area contributed by atoms with Crippen molar-refractivity contribution in [3.63, 3.8) is 0 Å². The van der Waals surface area contributed by atoms with Crippen LogP contribution >= 0.6 is 11.8 Å². The number of benzene rings is 3. The molecule has 0 fully saturated rings. The van der Waals surface area contributed by atoms with Gasteiger partial charge in [0.05, 0.1) is 17.7 Å². The summed E-state index contributed by atoms with van der Waals surface area (Å²) in [6.45, 7) is 0. The van der Waals surface area contributed by atoms with Gasteiger partial charge in [-0.2, -0.15) is 0 Å². The summed E-state index contributed by atoms with van der Waals surface area (Å²) in [6.07, 6.45) is 4.67. The lowest BCUT2D eigenvalue weighted by Gasteiger charge is -2.15. The minimum absolute atomic E-state index is 0.0511. The molecule has 1 N–H and O–H groups in total. The Kier molecular flexibility index (Phi) is 6.31. The molecule has 3 aromatic carbocycles. The van der Waals surface area contributed by atoms with E-state index < -0.39 is 0 Å². The number of nitrogens with one attached hydrogen (secondary N) is 1. The number of para-hydroxylation sites is 1. The molecule has 1 aliphatic carbocycles. The van der Waals surface area contributed by atoms with Crippen molar-refractivity contribution in [2.24, 2.45) is 0 Å². The Bertz CT molecular complexity index is 1310. The molecule has 1 aromatic heterocycles. The van der Waals surface area contributed by atoms with Crippen LogP contribution in [0.5, 0.6) is 0 Å². The van der Waals surface area contributed by atoms with Gasteiger partial charge in [-0.05, 0) is 61.1 Å². The summed E-state index contributed by atoms with van der Waals surface area (Å²) in [5, 5.41) is 4.19. The van der Waals surface area contributed by atoms with Crippen molar-refractivity contribution in [2.75, 3.05) is 11.1 Å². The summed E-state index contributed by atoms with van der Waals surface area (Å²) < 4.78 is 1.95. The standard InChI is InChI=1S/C28H26N2O2S/c31-27(17-20-9-2-1-3-10-20)29-21-11-8-12-22(18-21)33-19-28(32)30-25-15-6-4-13-23(25)24-14-5-7-16-26(24)30/h1-4,6,8-13,15,18H,5,7,14,16-17,19H2,(H,29,31). The third kappa shape index (κ3) is 4.74. The lowest BCUT2D eigenvalue weighted by Crippen LogP contribution is -2.18. The van der Waals surface area contributed by atoms with Gasteiger partial charge in [0.15, 0.2) is 0 Å². The van der Waals surface area contributed by atoms with E-state index in [1.165, 1.54) is 34.8 Å². The minimum Gasteiger partial charge on any atom is -0.326 e. The van der Waals surface area contributed by atoms with Crippen molar-refractivity contribution in [1.82, 2.24) is 4.57 Å². The topological polar surface area (TPSA) is 51.1 Å². The van der Waals surface area contributed by atoms with Gasteiger partial charge < -0.3 is 5.32 Å². The van der Waals surface area contributed by atoms with E-state index in [0.29, 0.717) is 12.2 Å². The zero-order valence-electron chi connectivity index (χ0n) is 18.4. The average Bonchev–Trinajstić information content (AvgIpc) is 3.18. The summed E-state index contributed by atoms with van der Waals surface area (Å²) >= 11 is 1.51. The van der Waals surface area contributed by atoms with E-state index in [2.05, 4.69) is 23.5 Å². The molecule has 166 valence electrons. The third-order valence-corrected chi connectivity index (χ3v) is 7.09. The number of rotatable bonds is 6. The summed E-state index contributed by atoms with van der Waals surface area (Å²) in [4.78, 5) is 26.7. The predicted molar refractivity (Wildman–Crippen MR) is 135 cm³/mol. The van der Waals surface area contributed by atoms with Gasteiger partial charge in [0.25, 0.3) is 0 Å². The predicted octanol–water partition coefficient (Wildman–Crippen LogP) is 6.13.